The largest absolute Gasteiger partial charge is 0.481 e. The van der Waals surface area contributed by atoms with Gasteiger partial charge >= 0.3 is 12.1 Å². The third kappa shape index (κ3) is 3.63. The molecule has 1 unspecified atom stereocenters. The molecule has 1 saturated heterocycles. The number of aryl methyl sites for hydroxylation is 1. The Morgan fingerprint density at radius 3 is 2.29 bits per heavy atom. The van der Waals surface area contributed by atoms with Gasteiger partial charge in [0, 0.05) is 19.0 Å². The van der Waals surface area contributed by atoms with Crippen LogP contribution in [0.2, 0.25) is 0 Å². The van der Waals surface area contributed by atoms with Gasteiger partial charge in [0.2, 0.25) is 0 Å². The first-order valence-corrected chi connectivity index (χ1v) is 10.2. The first kappa shape index (κ1) is 20.7. The molecule has 1 amide bonds. The Balaban J connectivity index is 1.86. The van der Waals surface area contributed by atoms with E-state index in [1.807, 2.05) is 34.6 Å². The maximum Gasteiger partial charge on any atom is 0.410 e. The molecule has 1 N–H and O–H groups in total. The predicted molar refractivity (Wildman–Crippen MR) is 109 cm³/mol. The highest BCUT2D eigenvalue weighted by atomic mass is 16.6. The maximum absolute atomic E-state index is 12.4. The van der Waals surface area contributed by atoms with Gasteiger partial charge in [-0.05, 0) is 77.3 Å². The SMILES string of the molecule is Cc1ccc2c(c1)C(C(C)(C)C(=O)O)CC21CCN(C(=O)OC(C)(C)C)CC1. The van der Waals surface area contributed by atoms with Gasteiger partial charge in [-0.3, -0.25) is 4.79 Å². The normalized spacial score (nSPS) is 21.5. The average Bonchev–Trinajstić information content (AvgIpc) is 2.88. The molecule has 1 spiro atoms. The summed E-state index contributed by atoms with van der Waals surface area (Å²) in [6, 6.07) is 6.47. The summed E-state index contributed by atoms with van der Waals surface area (Å²) in [6.45, 7) is 12.6. The van der Waals surface area contributed by atoms with E-state index in [0.29, 0.717) is 13.1 Å². The molecule has 0 bridgehead atoms. The Labute approximate surface area is 168 Å². The number of carbonyl (C=O) groups is 2. The lowest BCUT2D eigenvalue weighted by Gasteiger charge is -2.41. The fraction of sp³-hybridized carbons (Fsp3) is 0.652. The number of ether oxygens (including phenoxy) is 1. The fourth-order valence-electron chi connectivity index (χ4n) is 4.77. The minimum absolute atomic E-state index is 0.0204. The summed E-state index contributed by atoms with van der Waals surface area (Å²) in [5.74, 6) is -0.777. The van der Waals surface area contributed by atoms with Gasteiger partial charge in [0.1, 0.15) is 5.60 Å². The zero-order valence-electron chi connectivity index (χ0n) is 18.0. The van der Waals surface area contributed by atoms with Crippen LogP contribution in [0.25, 0.3) is 0 Å². The second kappa shape index (κ2) is 6.78. The lowest BCUT2D eigenvalue weighted by Crippen LogP contribution is -2.46. The molecule has 2 aliphatic rings. The van der Waals surface area contributed by atoms with Crippen LogP contribution in [0.1, 0.15) is 76.5 Å². The first-order chi connectivity index (χ1) is 12.9. The smallest absolute Gasteiger partial charge is 0.410 e. The van der Waals surface area contributed by atoms with E-state index in [4.69, 9.17) is 4.74 Å². The van der Waals surface area contributed by atoms with Crippen molar-refractivity contribution in [1.82, 2.24) is 4.90 Å². The molecule has 3 rings (SSSR count). The predicted octanol–water partition coefficient (Wildman–Crippen LogP) is 4.86. The summed E-state index contributed by atoms with van der Waals surface area (Å²) in [5.41, 5.74) is 2.24. The lowest BCUT2D eigenvalue weighted by atomic mass is 9.70. The van der Waals surface area contributed by atoms with E-state index in [-0.39, 0.29) is 17.4 Å². The molecule has 1 atom stereocenters. The third-order valence-corrected chi connectivity index (χ3v) is 6.54. The fourth-order valence-corrected chi connectivity index (χ4v) is 4.77. The number of fused-ring (bicyclic) bond motifs is 2. The summed E-state index contributed by atoms with van der Waals surface area (Å²) < 4.78 is 5.53. The van der Waals surface area contributed by atoms with Crippen LogP contribution in [-0.2, 0) is 14.9 Å². The molecule has 1 aromatic carbocycles. The van der Waals surface area contributed by atoms with Crippen molar-refractivity contribution in [2.24, 2.45) is 5.41 Å². The van der Waals surface area contributed by atoms with Gasteiger partial charge in [0.25, 0.3) is 0 Å². The monoisotopic (exact) mass is 387 g/mol. The van der Waals surface area contributed by atoms with Crippen LogP contribution in [0.5, 0.6) is 0 Å². The molecule has 5 heteroatoms. The summed E-state index contributed by atoms with van der Waals surface area (Å²) in [7, 11) is 0. The minimum atomic E-state index is -0.825. The van der Waals surface area contributed by atoms with Gasteiger partial charge in [-0.15, -0.1) is 0 Å². The van der Waals surface area contributed by atoms with Crippen molar-refractivity contribution in [2.45, 2.75) is 77.7 Å². The number of carboxylic acids is 1. The van der Waals surface area contributed by atoms with E-state index in [2.05, 4.69) is 25.1 Å². The Bertz CT molecular complexity index is 782. The molecule has 0 radical (unpaired) electrons. The highest BCUT2D eigenvalue weighted by molar-refractivity contribution is 5.76. The van der Waals surface area contributed by atoms with E-state index in [0.717, 1.165) is 24.8 Å². The number of piperidine rings is 1. The summed E-state index contributed by atoms with van der Waals surface area (Å²) in [5, 5.41) is 9.84. The Morgan fingerprint density at radius 2 is 1.75 bits per heavy atom. The number of carboxylic acid groups (broad SMARTS) is 1. The minimum Gasteiger partial charge on any atom is -0.481 e. The number of likely N-dealkylation sites (tertiary alicyclic amines) is 1. The van der Waals surface area contributed by atoms with Gasteiger partial charge < -0.3 is 14.7 Å². The Hall–Kier alpha value is -2.04. The summed E-state index contributed by atoms with van der Waals surface area (Å²) in [4.78, 5) is 26.2. The molecule has 1 aliphatic heterocycles. The molecule has 1 aromatic rings. The van der Waals surface area contributed by atoms with E-state index in [1.165, 1.54) is 11.1 Å². The van der Waals surface area contributed by atoms with Gasteiger partial charge in [0.15, 0.2) is 0 Å². The van der Waals surface area contributed by atoms with Crippen molar-refractivity contribution in [2.75, 3.05) is 13.1 Å². The van der Waals surface area contributed by atoms with E-state index in [9.17, 15) is 14.7 Å². The first-order valence-electron chi connectivity index (χ1n) is 10.2. The van der Waals surface area contributed by atoms with E-state index < -0.39 is 17.0 Å². The molecule has 1 fully saturated rings. The lowest BCUT2D eigenvalue weighted by molar-refractivity contribution is -0.148. The number of hydrogen-bond acceptors (Lipinski definition) is 3. The number of benzene rings is 1. The van der Waals surface area contributed by atoms with Crippen molar-refractivity contribution in [1.29, 1.82) is 0 Å². The highest BCUT2D eigenvalue weighted by Crippen LogP contribution is 2.57. The highest BCUT2D eigenvalue weighted by Gasteiger charge is 2.52. The van der Waals surface area contributed by atoms with Gasteiger partial charge in [-0.1, -0.05) is 23.8 Å². The van der Waals surface area contributed by atoms with Crippen LogP contribution >= 0.6 is 0 Å². The van der Waals surface area contributed by atoms with Crippen LogP contribution < -0.4 is 0 Å². The van der Waals surface area contributed by atoms with Crippen LogP contribution in [0, 0.1) is 12.3 Å². The summed E-state index contributed by atoms with van der Waals surface area (Å²) in [6.07, 6.45) is 2.25. The number of rotatable bonds is 2. The molecular weight excluding hydrogens is 354 g/mol. The third-order valence-electron chi connectivity index (χ3n) is 6.54. The Morgan fingerprint density at radius 1 is 1.14 bits per heavy atom. The van der Waals surface area contributed by atoms with Crippen LogP contribution in [0.15, 0.2) is 18.2 Å². The number of aliphatic carboxylic acids is 1. The van der Waals surface area contributed by atoms with Gasteiger partial charge in [0.05, 0.1) is 5.41 Å². The number of hydrogen-bond donors (Lipinski definition) is 1. The molecule has 0 aromatic heterocycles. The molecule has 0 saturated carbocycles. The van der Waals surface area contributed by atoms with Crippen LogP contribution in [0.3, 0.4) is 0 Å². The van der Waals surface area contributed by atoms with Crippen LogP contribution in [0.4, 0.5) is 4.79 Å². The van der Waals surface area contributed by atoms with Crippen molar-refractivity contribution < 1.29 is 19.4 Å². The Kier molecular flexibility index (Phi) is 5.01. The quantitative estimate of drug-likeness (QED) is 0.787. The van der Waals surface area contributed by atoms with Gasteiger partial charge in [-0.25, -0.2) is 4.79 Å². The number of carbonyl (C=O) groups excluding carboxylic acids is 1. The van der Waals surface area contributed by atoms with E-state index >= 15 is 0 Å². The van der Waals surface area contributed by atoms with Crippen LogP contribution in [-0.4, -0.2) is 40.8 Å². The molecule has 1 heterocycles. The van der Waals surface area contributed by atoms with Crippen molar-refractivity contribution in [3.8, 4) is 0 Å². The molecular formula is C23H33NO4. The molecule has 154 valence electrons. The van der Waals surface area contributed by atoms with Gasteiger partial charge in [-0.2, -0.15) is 0 Å². The van der Waals surface area contributed by atoms with Crippen molar-refractivity contribution >= 4 is 12.1 Å². The number of amides is 1. The van der Waals surface area contributed by atoms with Crippen molar-refractivity contribution in [3.63, 3.8) is 0 Å². The second-order valence-electron chi connectivity index (χ2n) is 10.1. The topological polar surface area (TPSA) is 66.8 Å². The average molecular weight is 388 g/mol. The van der Waals surface area contributed by atoms with Crippen molar-refractivity contribution in [3.05, 3.63) is 34.9 Å². The molecule has 5 nitrogen and oxygen atoms in total. The zero-order chi connectivity index (χ0) is 20.9. The molecule has 28 heavy (non-hydrogen) atoms. The zero-order valence-corrected chi connectivity index (χ0v) is 18.0. The maximum atomic E-state index is 12.4. The second-order valence-corrected chi connectivity index (χ2v) is 10.1. The summed E-state index contributed by atoms with van der Waals surface area (Å²) >= 11 is 0. The molecule has 1 aliphatic carbocycles. The number of nitrogens with zero attached hydrogens (tertiary/aromatic N) is 1. The standard InChI is InChI=1S/C23H33NO4/c1-15-7-8-17-16(13-15)18(22(5,6)19(25)26)14-23(17)9-11-24(12-10-23)20(27)28-21(2,3)4/h7-8,13,18H,9-12,14H2,1-6H3,(H,25,26). The van der Waals surface area contributed by atoms with E-state index in [1.54, 1.807) is 4.90 Å².